The van der Waals surface area contributed by atoms with E-state index in [0.29, 0.717) is 29.0 Å². The monoisotopic (exact) mass is 296 g/mol. The molecule has 0 atom stereocenters. The third-order valence-electron chi connectivity index (χ3n) is 3.86. The molecule has 1 aliphatic heterocycles. The molecule has 4 heteroatoms. The van der Waals surface area contributed by atoms with E-state index in [9.17, 15) is 9.59 Å². The van der Waals surface area contributed by atoms with Crippen LogP contribution in [0.25, 0.3) is 0 Å². The minimum Gasteiger partial charge on any atom is -0.488 e. The second-order valence-corrected chi connectivity index (χ2v) is 5.36. The molecule has 0 bridgehead atoms. The van der Waals surface area contributed by atoms with Crippen LogP contribution in [0.15, 0.2) is 36.4 Å². The molecule has 0 aliphatic carbocycles. The molecule has 1 aliphatic rings. The summed E-state index contributed by atoms with van der Waals surface area (Å²) >= 11 is 0. The van der Waals surface area contributed by atoms with Crippen LogP contribution in [0.2, 0.25) is 0 Å². The first kappa shape index (κ1) is 14.3. The van der Waals surface area contributed by atoms with Crippen molar-refractivity contribution >= 4 is 11.8 Å². The summed E-state index contributed by atoms with van der Waals surface area (Å²) in [5, 5.41) is 8.87. The van der Waals surface area contributed by atoms with Gasteiger partial charge in [-0.15, -0.1) is 0 Å². The zero-order chi connectivity index (χ0) is 15.7. The Kier molecular flexibility index (Phi) is 3.67. The van der Waals surface area contributed by atoms with Gasteiger partial charge in [-0.3, -0.25) is 9.59 Å². The number of ether oxygens (including phenoxy) is 1. The molecule has 0 radical (unpaired) electrons. The third kappa shape index (κ3) is 2.60. The number of aliphatic carboxylic acids is 1. The molecule has 0 fully saturated rings. The minimum atomic E-state index is -0.907. The van der Waals surface area contributed by atoms with Crippen LogP contribution < -0.4 is 4.74 Å². The summed E-state index contributed by atoms with van der Waals surface area (Å²) in [6.45, 7) is 2.36. The molecule has 0 unspecified atom stereocenters. The molecule has 0 saturated heterocycles. The van der Waals surface area contributed by atoms with Gasteiger partial charge in [-0.25, -0.2) is 0 Å². The molecular weight excluding hydrogens is 280 g/mol. The molecule has 2 aromatic rings. The van der Waals surface area contributed by atoms with Crippen LogP contribution in [0.1, 0.15) is 39.5 Å². The summed E-state index contributed by atoms with van der Waals surface area (Å²) in [5.41, 5.74) is 3.75. The van der Waals surface area contributed by atoms with Gasteiger partial charge in [-0.2, -0.15) is 0 Å². The average Bonchev–Trinajstić information content (AvgIpc) is 2.64. The number of carboxylic acid groups (broad SMARTS) is 1. The van der Waals surface area contributed by atoms with Crippen molar-refractivity contribution in [3.05, 3.63) is 64.2 Å². The van der Waals surface area contributed by atoms with Gasteiger partial charge in [0.2, 0.25) is 0 Å². The number of ketones is 1. The molecule has 0 saturated carbocycles. The van der Waals surface area contributed by atoms with Crippen molar-refractivity contribution in [1.82, 2.24) is 0 Å². The predicted octanol–water partition coefficient (Wildman–Crippen LogP) is 3.00. The molecule has 0 spiro atoms. The highest BCUT2D eigenvalue weighted by Crippen LogP contribution is 2.30. The van der Waals surface area contributed by atoms with Crippen LogP contribution in [-0.4, -0.2) is 16.9 Å². The van der Waals surface area contributed by atoms with Crippen LogP contribution in [0.5, 0.6) is 5.75 Å². The molecule has 0 amide bonds. The van der Waals surface area contributed by atoms with E-state index in [1.54, 1.807) is 18.2 Å². The number of rotatable bonds is 3. The standard InChI is InChI=1S/C18H16O4/c1-2-11-3-5-13-10-22-16-8-12(9-17(19)20)4-6-14(16)18(21)15(13)7-11/h3-8H,2,9-10H2,1H3,(H,19,20). The van der Waals surface area contributed by atoms with Gasteiger partial charge in [0, 0.05) is 11.1 Å². The number of hydrogen-bond donors (Lipinski definition) is 1. The second-order valence-electron chi connectivity index (χ2n) is 5.36. The van der Waals surface area contributed by atoms with Crippen LogP contribution >= 0.6 is 0 Å². The highest BCUT2D eigenvalue weighted by atomic mass is 16.5. The fraction of sp³-hybridized carbons (Fsp3) is 0.222. The molecule has 1 heterocycles. The smallest absolute Gasteiger partial charge is 0.307 e. The Hall–Kier alpha value is -2.62. The van der Waals surface area contributed by atoms with Crippen molar-refractivity contribution in [1.29, 1.82) is 0 Å². The Morgan fingerprint density at radius 1 is 1.14 bits per heavy atom. The van der Waals surface area contributed by atoms with Crippen LogP contribution in [0, 0.1) is 0 Å². The van der Waals surface area contributed by atoms with Gasteiger partial charge < -0.3 is 9.84 Å². The zero-order valence-electron chi connectivity index (χ0n) is 12.3. The molecule has 112 valence electrons. The number of hydrogen-bond acceptors (Lipinski definition) is 3. The molecule has 0 aromatic heterocycles. The fourth-order valence-electron chi connectivity index (χ4n) is 2.64. The van der Waals surface area contributed by atoms with E-state index in [-0.39, 0.29) is 12.2 Å². The molecule has 22 heavy (non-hydrogen) atoms. The molecule has 3 rings (SSSR count). The maximum absolute atomic E-state index is 12.7. The van der Waals surface area contributed by atoms with E-state index in [0.717, 1.165) is 17.5 Å². The first-order valence-corrected chi connectivity index (χ1v) is 7.22. The summed E-state index contributed by atoms with van der Waals surface area (Å²) < 4.78 is 5.73. The van der Waals surface area contributed by atoms with Crippen molar-refractivity contribution in [3.8, 4) is 5.75 Å². The number of fused-ring (bicyclic) bond motifs is 2. The van der Waals surface area contributed by atoms with E-state index >= 15 is 0 Å². The SMILES string of the molecule is CCc1ccc2c(c1)C(=O)c1ccc(CC(=O)O)cc1OC2. The largest absolute Gasteiger partial charge is 0.488 e. The molecular formula is C18H16O4. The van der Waals surface area contributed by atoms with Crippen LogP contribution in [-0.2, 0) is 24.2 Å². The van der Waals surface area contributed by atoms with Gasteiger partial charge in [0.15, 0.2) is 5.78 Å². The maximum atomic E-state index is 12.7. The molecule has 2 aromatic carbocycles. The average molecular weight is 296 g/mol. The van der Waals surface area contributed by atoms with Crippen molar-refractivity contribution in [2.24, 2.45) is 0 Å². The van der Waals surface area contributed by atoms with E-state index in [1.807, 2.05) is 25.1 Å². The van der Waals surface area contributed by atoms with Gasteiger partial charge in [0.1, 0.15) is 12.4 Å². The molecule has 1 N–H and O–H groups in total. The van der Waals surface area contributed by atoms with Crippen molar-refractivity contribution in [2.75, 3.05) is 0 Å². The lowest BCUT2D eigenvalue weighted by Gasteiger charge is -2.07. The number of carbonyl (C=O) groups is 2. The lowest BCUT2D eigenvalue weighted by Crippen LogP contribution is -2.05. The Balaban J connectivity index is 2.04. The van der Waals surface area contributed by atoms with E-state index < -0.39 is 5.97 Å². The van der Waals surface area contributed by atoms with Gasteiger partial charge in [-0.1, -0.05) is 25.1 Å². The van der Waals surface area contributed by atoms with Crippen molar-refractivity contribution < 1.29 is 19.4 Å². The summed E-state index contributed by atoms with van der Waals surface area (Å²) in [6.07, 6.45) is 0.781. The second kappa shape index (κ2) is 5.64. The van der Waals surface area contributed by atoms with Crippen molar-refractivity contribution in [3.63, 3.8) is 0 Å². The fourth-order valence-corrected chi connectivity index (χ4v) is 2.64. The number of carbonyl (C=O) groups excluding carboxylic acids is 1. The zero-order valence-corrected chi connectivity index (χ0v) is 12.3. The Morgan fingerprint density at radius 2 is 1.91 bits per heavy atom. The van der Waals surface area contributed by atoms with Crippen LogP contribution in [0.4, 0.5) is 0 Å². The van der Waals surface area contributed by atoms with E-state index in [4.69, 9.17) is 9.84 Å². The quantitative estimate of drug-likeness (QED) is 0.945. The lowest BCUT2D eigenvalue weighted by molar-refractivity contribution is -0.136. The van der Waals surface area contributed by atoms with E-state index in [1.165, 1.54) is 0 Å². The summed E-state index contributed by atoms with van der Waals surface area (Å²) in [6, 6.07) is 10.8. The predicted molar refractivity (Wildman–Crippen MR) is 81.4 cm³/mol. The van der Waals surface area contributed by atoms with Gasteiger partial charge in [0.05, 0.1) is 12.0 Å². The highest BCUT2D eigenvalue weighted by molar-refractivity contribution is 6.12. The first-order chi connectivity index (χ1) is 10.6. The Bertz CT molecular complexity index is 762. The highest BCUT2D eigenvalue weighted by Gasteiger charge is 2.23. The maximum Gasteiger partial charge on any atom is 0.307 e. The molecule has 4 nitrogen and oxygen atoms in total. The lowest BCUT2D eigenvalue weighted by atomic mass is 9.95. The Morgan fingerprint density at radius 3 is 2.64 bits per heavy atom. The number of carboxylic acids is 1. The van der Waals surface area contributed by atoms with E-state index in [2.05, 4.69) is 0 Å². The number of aryl methyl sites for hydroxylation is 1. The normalized spacial score (nSPS) is 12.9. The topological polar surface area (TPSA) is 63.6 Å². The summed E-state index contributed by atoms with van der Waals surface area (Å²) in [7, 11) is 0. The Labute approximate surface area is 128 Å². The van der Waals surface area contributed by atoms with Gasteiger partial charge in [-0.05, 0) is 35.7 Å². The van der Waals surface area contributed by atoms with Gasteiger partial charge in [0.25, 0.3) is 0 Å². The number of benzene rings is 2. The van der Waals surface area contributed by atoms with Gasteiger partial charge >= 0.3 is 5.97 Å². The first-order valence-electron chi connectivity index (χ1n) is 7.22. The third-order valence-corrected chi connectivity index (χ3v) is 3.86. The summed E-state index contributed by atoms with van der Waals surface area (Å²) in [4.78, 5) is 23.5. The van der Waals surface area contributed by atoms with Crippen LogP contribution in [0.3, 0.4) is 0 Å². The van der Waals surface area contributed by atoms with Crippen molar-refractivity contribution in [2.45, 2.75) is 26.4 Å². The summed E-state index contributed by atoms with van der Waals surface area (Å²) in [5.74, 6) is -0.520. The minimum absolute atomic E-state index is 0.0697.